The molecule has 1 atom stereocenters. The van der Waals surface area contributed by atoms with E-state index >= 15 is 0 Å². The molecule has 1 aromatic heterocycles. The molecule has 5 heteroatoms. The number of hydrogen-bond donors (Lipinski definition) is 0. The molecular weight excluding hydrogens is 635 g/mol. The summed E-state index contributed by atoms with van der Waals surface area (Å²) in [5, 5.41) is 31.5. The van der Waals surface area contributed by atoms with Crippen LogP contribution in [0.4, 0.5) is 17.1 Å². The second-order valence-electron chi connectivity index (χ2n) is 13.5. The smallest absolute Gasteiger partial charge is 0.0998 e. The first-order chi connectivity index (χ1) is 25.6. The molecule has 52 heavy (non-hydrogen) atoms. The lowest BCUT2D eigenvalue weighted by Crippen LogP contribution is -2.19. The number of fused-ring (bicyclic) bond motifs is 5. The standard InChI is InChI=1S/C47H31N5/c1-30-20-22-35(29-50)46-40-15-4-7-19-44(40)51(47(30)46)37-13-8-11-33(26-37)45-34(28-49)12-9-16-39(45)38-14-3-6-18-43(38)52-41-17-5-2-10-32(41)25-36-24-31(27-48)21-23-42(36)52/h2-19,21-24,26,30H,20,25H2,1H3. The van der Waals surface area contributed by atoms with E-state index in [1.807, 2.05) is 48.5 Å². The molecule has 9 rings (SSSR count). The fourth-order valence-electron chi connectivity index (χ4n) is 8.26. The molecule has 1 aliphatic heterocycles. The summed E-state index contributed by atoms with van der Waals surface area (Å²) < 4.78 is 2.31. The van der Waals surface area contributed by atoms with E-state index in [0.29, 0.717) is 11.1 Å². The maximum absolute atomic E-state index is 10.6. The first-order valence-corrected chi connectivity index (χ1v) is 17.5. The van der Waals surface area contributed by atoms with Crippen molar-refractivity contribution >= 4 is 33.5 Å². The molecule has 7 aromatic rings. The molecular formula is C47H31N5. The molecule has 0 spiro atoms. The maximum Gasteiger partial charge on any atom is 0.0998 e. The number of nitriles is 3. The molecule has 1 unspecified atom stereocenters. The Bertz CT molecular complexity index is 2760. The van der Waals surface area contributed by atoms with E-state index in [9.17, 15) is 15.8 Å². The van der Waals surface area contributed by atoms with Gasteiger partial charge in [0.05, 0.1) is 46.1 Å². The molecule has 2 heterocycles. The van der Waals surface area contributed by atoms with Crippen LogP contribution in [0.25, 0.3) is 44.4 Å². The minimum absolute atomic E-state index is 0.219. The SMILES string of the molecule is CC1CC=C(C#N)c2c1n(-c1cccc(-c3c(C#N)cccc3-c3ccccc3N3c4ccccc4Cc4cc(C#N)ccc43)c1)c1ccccc21. The van der Waals surface area contributed by atoms with Gasteiger partial charge in [0.15, 0.2) is 0 Å². The molecule has 0 radical (unpaired) electrons. The van der Waals surface area contributed by atoms with Gasteiger partial charge < -0.3 is 9.47 Å². The van der Waals surface area contributed by atoms with Crippen LogP contribution >= 0.6 is 0 Å². The van der Waals surface area contributed by atoms with E-state index in [4.69, 9.17) is 0 Å². The Labute approximate surface area is 302 Å². The highest BCUT2D eigenvalue weighted by molar-refractivity contribution is 6.01. The number of anilines is 3. The van der Waals surface area contributed by atoms with E-state index in [2.05, 4.69) is 126 Å². The summed E-state index contributed by atoms with van der Waals surface area (Å²) in [7, 11) is 0. The van der Waals surface area contributed by atoms with Gasteiger partial charge in [0.25, 0.3) is 0 Å². The predicted octanol–water partition coefficient (Wildman–Crippen LogP) is 11.5. The molecule has 5 nitrogen and oxygen atoms in total. The summed E-state index contributed by atoms with van der Waals surface area (Å²) in [5.74, 6) is 0.219. The lowest BCUT2D eigenvalue weighted by atomic mass is 9.87. The molecule has 0 N–H and O–H groups in total. The highest BCUT2D eigenvalue weighted by atomic mass is 15.2. The first-order valence-electron chi connectivity index (χ1n) is 17.5. The van der Waals surface area contributed by atoms with Crippen LogP contribution in [0.15, 0.2) is 140 Å². The van der Waals surface area contributed by atoms with Crippen LogP contribution in [0.5, 0.6) is 0 Å². The van der Waals surface area contributed by atoms with Crippen LogP contribution in [0.3, 0.4) is 0 Å². The molecule has 2 aliphatic rings. The van der Waals surface area contributed by atoms with Gasteiger partial charge in [0, 0.05) is 57.2 Å². The second kappa shape index (κ2) is 12.3. The third-order valence-electron chi connectivity index (χ3n) is 10.5. The number of allylic oxidation sites excluding steroid dienone is 2. The first kappa shape index (κ1) is 30.9. The Morgan fingerprint density at radius 1 is 0.615 bits per heavy atom. The molecule has 0 saturated carbocycles. The van der Waals surface area contributed by atoms with E-state index in [1.54, 1.807) is 0 Å². The largest absolute Gasteiger partial charge is 0.313 e. The molecule has 1 aliphatic carbocycles. The van der Waals surface area contributed by atoms with E-state index in [1.165, 1.54) is 5.56 Å². The van der Waals surface area contributed by atoms with Crippen molar-refractivity contribution in [3.63, 3.8) is 0 Å². The van der Waals surface area contributed by atoms with Gasteiger partial charge in [-0.2, -0.15) is 15.8 Å². The van der Waals surface area contributed by atoms with Crippen molar-refractivity contribution in [1.29, 1.82) is 15.8 Å². The Hall–Kier alpha value is -7.13. The molecule has 6 aromatic carbocycles. The highest BCUT2D eigenvalue weighted by Crippen LogP contribution is 2.49. The molecule has 0 saturated heterocycles. The Balaban J connectivity index is 1.26. The monoisotopic (exact) mass is 665 g/mol. The quantitative estimate of drug-likeness (QED) is 0.187. The van der Waals surface area contributed by atoms with Gasteiger partial charge in [-0.25, -0.2) is 0 Å². The van der Waals surface area contributed by atoms with Crippen LogP contribution < -0.4 is 4.90 Å². The fraction of sp³-hybridized carbons (Fsp3) is 0.0851. The lowest BCUT2D eigenvalue weighted by molar-refractivity contribution is 0.721. The number of rotatable bonds is 4. The van der Waals surface area contributed by atoms with Gasteiger partial charge in [0.2, 0.25) is 0 Å². The van der Waals surface area contributed by atoms with Gasteiger partial charge in [0.1, 0.15) is 0 Å². The van der Waals surface area contributed by atoms with Gasteiger partial charge in [-0.3, -0.25) is 0 Å². The zero-order chi connectivity index (χ0) is 35.3. The third-order valence-corrected chi connectivity index (χ3v) is 10.5. The van der Waals surface area contributed by atoms with Crippen molar-refractivity contribution in [2.24, 2.45) is 0 Å². The van der Waals surface area contributed by atoms with E-state index in [0.717, 1.165) is 91.1 Å². The summed E-state index contributed by atoms with van der Waals surface area (Å²) in [6.07, 6.45) is 3.60. The van der Waals surface area contributed by atoms with Gasteiger partial charge >= 0.3 is 0 Å². The number of benzene rings is 6. The Kier molecular flexibility index (Phi) is 7.32. The van der Waals surface area contributed by atoms with Crippen LogP contribution in [-0.4, -0.2) is 4.57 Å². The van der Waals surface area contributed by atoms with Crippen LogP contribution in [0.1, 0.15) is 52.8 Å². The third kappa shape index (κ3) is 4.74. The minimum Gasteiger partial charge on any atom is -0.313 e. The maximum atomic E-state index is 10.6. The van der Waals surface area contributed by atoms with E-state index in [-0.39, 0.29) is 5.92 Å². The van der Waals surface area contributed by atoms with Crippen LogP contribution in [-0.2, 0) is 6.42 Å². The van der Waals surface area contributed by atoms with Crippen molar-refractivity contribution < 1.29 is 0 Å². The van der Waals surface area contributed by atoms with Crippen molar-refractivity contribution in [1.82, 2.24) is 4.57 Å². The number of para-hydroxylation sites is 3. The average Bonchev–Trinajstić information content (AvgIpc) is 3.56. The number of nitrogens with zero attached hydrogens (tertiary/aromatic N) is 5. The van der Waals surface area contributed by atoms with Crippen molar-refractivity contribution in [3.8, 4) is 46.1 Å². The van der Waals surface area contributed by atoms with Crippen molar-refractivity contribution in [2.45, 2.75) is 25.7 Å². The Morgan fingerprint density at radius 3 is 2.21 bits per heavy atom. The Morgan fingerprint density at radius 2 is 1.37 bits per heavy atom. The van der Waals surface area contributed by atoms with Gasteiger partial charge in [-0.05, 0) is 83.3 Å². The molecule has 244 valence electrons. The average molecular weight is 666 g/mol. The van der Waals surface area contributed by atoms with Crippen molar-refractivity contribution in [3.05, 3.63) is 173 Å². The molecule has 0 amide bonds. The normalized spacial score (nSPS) is 14.3. The summed E-state index contributed by atoms with van der Waals surface area (Å²) in [6.45, 7) is 2.22. The second-order valence-corrected chi connectivity index (χ2v) is 13.5. The summed E-state index contributed by atoms with van der Waals surface area (Å²) in [4.78, 5) is 2.30. The summed E-state index contributed by atoms with van der Waals surface area (Å²) in [6, 6.07) is 52.7. The summed E-state index contributed by atoms with van der Waals surface area (Å²) >= 11 is 0. The number of aromatic nitrogens is 1. The molecule has 0 fully saturated rings. The van der Waals surface area contributed by atoms with E-state index < -0.39 is 0 Å². The van der Waals surface area contributed by atoms with Gasteiger partial charge in [-0.1, -0.05) is 91.9 Å². The van der Waals surface area contributed by atoms with Crippen LogP contribution in [0.2, 0.25) is 0 Å². The van der Waals surface area contributed by atoms with Crippen molar-refractivity contribution in [2.75, 3.05) is 4.90 Å². The topological polar surface area (TPSA) is 79.5 Å². The predicted molar refractivity (Wildman–Crippen MR) is 208 cm³/mol. The zero-order valence-electron chi connectivity index (χ0n) is 28.5. The van der Waals surface area contributed by atoms with Crippen LogP contribution in [0, 0.1) is 34.0 Å². The zero-order valence-corrected chi connectivity index (χ0v) is 28.5. The van der Waals surface area contributed by atoms with Gasteiger partial charge in [-0.15, -0.1) is 0 Å². The number of hydrogen-bond acceptors (Lipinski definition) is 4. The highest BCUT2D eigenvalue weighted by Gasteiger charge is 2.29. The fourth-order valence-corrected chi connectivity index (χ4v) is 8.26. The summed E-state index contributed by atoms with van der Waals surface area (Å²) in [5.41, 5.74) is 15.3. The minimum atomic E-state index is 0.219. The lowest BCUT2D eigenvalue weighted by Gasteiger charge is -2.35. The molecule has 0 bridgehead atoms.